The first-order chi connectivity index (χ1) is 26.2. The van der Waals surface area contributed by atoms with Gasteiger partial charge in [-0.2, -0.15) is 13.2 Å². The number of amides is 1. The third-order valence-corrected chi connectivity index (χ3v) is 14.5. The molecule has 0 aliphatic carbocycles. The highest BCUT2D eigenvalue weighted by Gasteiger charge is 2.40. The Hall–Kier alpha value is -5.01. The third-order valence-electron chi connectivity index (χ3n) is 9.94. The van der Waals surface area contributed by atoms with Gasteiger partial charge in [0.05, 0.1) is 38.0 Å². The monoisotopic (exact) mass is 794 g/mol. The molecular formula is C43H50F4N2O6Si. The van der Waals surface area contributed by atoms with Gasteiger partial charge in [0.25, 0.3) is 5.91 Å². The molecule has 1 atom stereocenters. The van der Waals surface area contributed by atoms with E-state index in [1.54, 1.807) is 34.9 Å². The fraction of sp³-hybridized carbons (Fsp3) is 0.372. The largest absolute Gasteiger partial charge is 0.496 e. The third kappa shape index (κ3) is 10.4. The molecule has 0 saturated carbocycles. The predicted molar refractivity (Wildman–Crippen MR) is 212 cm³/mol. The van der Waals surface area contributed by atoms with Gasteiger partial charge in [0.2, 0.25) is 0 Å². The number of nitrogens with zero attached hydrogens (tertiary/aromatic N) is 1. The number of aromatic nitrogens is 1. The summed E-state index contributed by atoms with van der Waals surface area (Å²) in [4.78, 5) is 40.6. The summed E-state index contributed by atoms with van der Waals surface area (Å²) in [5, 5.41) is 2.62. The van der Waals surface area contributed by atoms with Crippen molar-refractivity contribution in [3.63, 3.8) is 0 Å². The predicted octanol–water partition coefficient (Wildman–Crippen LogP) is 10.4. The van der Waals surface area contributed by atoms with Crippen LogP contribution in [0.2, 0.25) is 18.1 Å². The number of halogens is 4. The molecule has 1 N–H and O–H groups in total. The number of alkyl halides is 3. The van der Waals surface area contributed by atoms with Gasteiger partial charge >= 0.3 is 12.1 Å². The Morgan fingerprint density at radius 1 is 0.875 bits per heavy atom. The SMILES string of the molecule is COC(=O)C[C@H](CC(=O)/C=C/c1c(-c2ccc(F)cc2)c(-c2ccccc2)c(C(=O)NCc2ccc(OC)c(C(F)(F)F)c2)n1C(C)C)O[Si](C)(C)C(C)(C)C. The highest BCUT2D eigenvalue weighted by molar-refractivity contribution is 6.74. The van der Waals surface area contributed by atoms with Crippen LogP contribution in [-0.2, 0) is 31.5 Å². The quantitative estimate of drug-likeness (QED) is 0.0557. The van der Waals surface area contributed by atoms with Crippen LogP contribution in [0.5, 0.6) is 5.75 Å². The molecule has 56 heavy (non-hydrogen) atoms. The second kappa shape index (κ2) is 17.8. The number of carbonyl (C=O) groups excluding carboxylic acids is 3. The fourth-order valence-corrected chi connectivity index (χ4v) is 7.51. The number of ketones is 1. The molecule has 3 aromatic carbocycles. The smallest absolute Gasteiger partial charge is 0.419 e. The minimum atomic E-state index is -4.68. The summed E-state index contributed by atoms with van der Waals surface area (Å²) in [5.74, 6) is -2.25. The number of methoxy groups -OCH3 is 2. The van der Waals surface area contributed by atoms with Crippen molar-refractivity contribution in [3.05, 3.63) is 107 Å². The second-order valence-electron chi connectivity index (χ2n) is 15.3. The topological polar surface area (TPSA) is 95.9 Å². The average Bonchev–Trinajstić information content (AvgIpc) is 3.48. The van der Waals surface area contributed by atoms with E-state index in [9.17, 15) is 31.9 Å². The second-order valence-corrected chi connectivity index (χ2v) is 20.1. The maximum absolute atomic E-state index is 14.4. The van der Waals surface area contributed by atoms with Gasteiger partial charge in [-0.25, -0.2) is 4.39 Å². The van der Waals surface area contributed by atoms with Crippen LogP contribution >= 0.6 is 0 Å². The Labute approximate surface area is 327 Å². The summed E-state index contributed by atoms with van der Waals surface area (Å²) in [5.41, 5.74) is 2.08. The molecule has 1 aromatic heterocycles. The minimum absolute atomic E-state index is 0.118. The van der Waals surface area contributed by atoms with Gasteiger partial charge in [0.1, 0.15) is 17.3 Å². The Morgan fingerprint density at radius 3 is 2.05 bits per heavy atom. The first-order valence-corrected chi connectivity index (χ1v) is 21.2. The molecular weight excluding hydrogens is 745 g/mol. The molecule has 13 heteroatoms. The highest BCUT2D eigenvalue weighted by Crippen LogP contribution is 2.43. The van der Waals surface area contributed by atoms with E-state index in [0.717, 1.165) is 13.2 Å². The molecule has 4 aromatic rings. The lowest BCUT2D eigenvalue weighted by Crippen LogP contribution is -2.44. The van der Waals surface area contributed by atoms with Crippen LogP contribution in [0.3, 0.4) is 0 Å². The average molecular weight is 795 g/mol. The van der Waals surface area contributed by atoms with E-state index in [0.29, 0.717) is 27.9 Å². The van der Waals surface area contributed by atoms with Gasteiger partial charge in [-0.1, -0.05) is 69.3 Å². The molecule has 0 radical (unpaired) electrons. The van der Waals surface area contributed by atoms with Crippen molar-refractivity contribution in [2.24, 2.45) is 0 Å². The van der Waals surface area contributed by atoms with Gasteiger partial charge < -0.3 is 23.8 Å². The number of allylic oxidation sites excluding steroid dienone is 1. The van der Waals surface area contributed by atoms with Crippen LogP contribution in [0.1, 0.15) is 80.8 Å². The van der Waals surface area contributed by atoms with E-state index in [4.69, 9.17) is 13.9 Å². The van der Waals surface area contributed by atoms with E-state index in [1.807, 2.05) is 45.1 Å². The van der Waals surface area contributed by atoms with Crippen LogP contribution in [-0.4, -0.2) is 50.9 Å². The number of hydrogen-bond donors (Lipinski definition) is 1. The molecule has 1 heterocycles. The molecule has 0 unspecified atom stereocenters. The van der Waals surface area contributed by atoms with Crippen molar-refractivity contribution in [1.82, 2.24) is 9.88 Å². The summed E-state index contributed by atoms with van der Waals surface area (Å²) in [7, 11) is 0.0169. The molecule has 0 saturated heterocycles. The van der Waals surface area contributed by atoms with Gasteiger partial charge in [-0.15, -0.1) is 0 Å². The van der Waals surface area contributed by atoms with Gasteiger partial charge in [0, 0.05) is 30.1 Å². The summed E-state index contributed by atoms with van der Waals surface area (Å²) < 4.78 is 73.9. The maximum Gasteiger partial charge on any atom is 0.419 e. The number of carbonyl (C=O) groups is 3. The van der Waals surface area contributed by atoms with Crippen molar-refractivity contribution in [2.45, 2.75) is 90.5 Å². The van der Waals surface area contributed by atoms with Crippen molar-refractivity contribution in [1.29, 1.82) is 0 Å². The van der Waals surface area contributed by atoms with Crippen molar-refractivity contribution in [2.75, 3.05) is 14.2 Å². The zero-order chi connectivity index (χ0) is 41.6. The first kappa shape index (κ1) is 43.7. The Balaban J connectivity index is 1.88. The zero-order valence-corrected chi connectivity index (χ0v) is 34.3. The summed E-state index contributed by atoms with van der Waals surface area (Å²) in [6, 6.07) is 18.0. The number of ether oxygens (including phenoxy) is 2. The van der Waals surface area contributed by atoms with Crippen LogP contribution in [0, 0.1) is 5.82 Å². The van der Waals surface area contributed by atoms with Gasteiger partial charge in [-0.05, 0) is 85.1 Å². The van der Waals surface area contributed by atoms with Crippen molar-refractivity contribution < 1.29 is 45.8 Å². The Bertz CT molecular complexity index is 2050. The molecule has 1 amide bonds. The molecule has 0 bridgehead atoms. The lowest BCUT2D eigenvalue weighted by molar-refractivity contribution is -0.143. The molecule has 0 spiro atoms. The van der Waals surface area contributed by atoms with E-state index in [1.165, 1.54) is 37.5 Å². The number of rotatable bonds is 15. The standard InChI is InChI=1S/C43H50F4N2O6Si/c1-27(2)49-35(21-20-32(50)24-33(25-37(51)54-7)55-56(8,9)42(3,4)5)38(30-16-18-31(44)19-17-30)39(29-13-11-10-12-14-29)40(49)41(52)48-26-28-15-22-36(53-6)34(23-28)43(45,46)47/h10-23,27,33H,24-26H2,1-9H3,(H,48,52)/b21-20+/t33-/m0/s1. The van der Waals surface area contributed by atoms with Crippen molar-refractivity contribution in [3.8, 4) is 28.0 Å². The molecule has 0 aliphatic heterocycles. The minimum Gasteiger partial charge on any atom is -0.496 e. The number of hydrogen-bond acceptors (Lipinski definition) is 6. The lowest BCUT2D eigenvalue weighted by atomic mass is 9.94. The number of esters is 1. The highest BCUT2D eigenvalue weighted by atomic mass is 28.4. The van der Waals surface area contributed by atoms with Gasteiger partial charge in [0.15, 0.2) is 14.1 Å². The normalized spacial score (nSPS) is 12.9. The maximum atomic E-state index is 14.4. The van der Waals surface area contributed by atoms with E-state index >= 15 is 0 Å². The van der Waals surface area contributed by atoms with E-state index < -0.39 is 43.9 Å². The molecule has 4 rings (SSSR count). The van der Waals surface area contributed by atoms with E-state index in [-0.39, 0.29) is 53.3 Å². The van der Waals surface area contributed by atoms with Gasteiger partial charge in [-0.3, -0.25) is 14.4 Å². The summed E-state index contributed by atoms with van der Waals surface area (Å²) >= 11 is 0. The first-order valence-electron chi connectivity index (χ1n) is 18.3. The van der Waals surface area contributed by atoms with Crippen LogP contribution < -0.4 is 10.1 Å². The number of nitrogens with one attached hydrogen (secondary N) is 1. The van der Waals surface area contributed by atoms with Crippen LogP contribution in [0.4, 0.5) is 17.6 Å². The van der Waals surface area contributed by atoms with Crippen LogP contribution in [0.15, 0.2) is 78.9 Å². The summed E-state index contributed by atoms with van der Waals surface area (Å²) in [6.07, 6.45) is -2.68. The zero-order valence-electron chi connectivity index (χ0n) is 33.3. The van der Waals surface area contributed by atoms with Crippen molar-refractivity contribution >= 4 is 32.1 Å². The fourth-order valence-electron chi connectivity index (χ4n) is 6.16. The van der Waals surface area contributed by atoms with Crippen LogP contribution in [0.25, 0.3) is 28.3 Å². The summed E-state index contributed by atoms with van der Waals surface area (Å²) in [6.45, 7) is 13.7. The Morgan fingerprint density at radius 2 is 1.50 bits per heavy atom. The molecule has 0 fully saturated rings. The molecule has 0 aliphatic rings. The molecule has 300 valence electrons. The van der Waals surface area contributed by atoms with E-state index in [2.05, 4.69) is 26.1 Å². The lowest BCUT2D eigenvalue weighted by Gasteiger charge is -2.39. The Kier molecular flexibility index (Phi) is 13.9. The molecule has 8 nitrogen and oxygen atoms in total. The number of benzene rings is 3.